The molecule has 0 aliphatic carbocycles. The highest BCUT2D eigenvalue weighted by Gasteiger charge is 2.27. The fourth-order valence-corrected chi connectivity index (χ4v) is 3.16. The topological polar surface area (TPSA) is 29.3 Å². The van der Waals surface area contributed by atoms with Gasteiger partial charge in [-0.05, 0) is 50.2 Å². The number of benzene rings is 1. The third-order valence-electron chi connectivity index (χ3n) is 4.02. The monoisotopic (exact) mass is 260 g/mol. The molecule has 1 aromatic rings. The second kappa shape index (κ2) is 5.54. The third-order valence-corrected chi connectivity index (χ3v) is 4.02. The molecule has 0 spiro atoms. The molecule has 1 atom stereocenters. The summed E-state index contributed by atoms with van der Waals surface area (Å²) in [6.07, 6.45) is 3.59. The lowest BCUT2D eigenvalue weighted by atomic mass is 9.83. The van der Waals surface area contributed by atoms with E-state index < -0.39 is 0 Å². The summed E-state index contributed by atoms with van der Waals surface area (Å²) in [5.74, 6) is 0. The van der Waals surface area contributed by atoms with E-state index >= 15 is 0 Å². The Bertz CT molecular complexity index is 435. The van der Waals surface area contributed by atoms with Crippen molar-refractivity contribution < 1.29 is 0 Å². The lowest BCUT2D eigenvalue weighted by molar-refractivity contribution is 0.293. The van der Waals surface area contributed by atoms with Gasteiger partial charge in [-0.2, -0.15) is 0 Å². The SMILES string of the molecule is Cc1ccc(N2CCCC(C)(C)C2)c(CC(C)N)c1. The average Bonchev–Trinajstić information content (AvgIpc) is 2.26. The van der Waals surface area contributed by atoms with Gasteiger partial charge in [0.2, 0.25) is 0 Å². The molecule has 2 heteroatoms. The molecule has 0 saturated carbocycles. The Labute approximate surface area is 118 Å². The zero-order valence-electron chi connectivity index (χ0n) is 12.9. The molecule has 1 saturated heterocycles. The molecule has 0 amide bonds. The molecule has 1 aliphatic rings. The Morgan fingerprint density at radius 3 is 2.74 bits per heavy atom. The molecule has 19 heavy (non-hydrogen) atoms. The zero-order valence-corrected chi connectivity index (χ0v) is 12.9. The van der Waals surface area contributed by atoms with Crippen LogP contribution in [0, 0.1) is 12.3 Å². The van der Waals surface area contributed by atoms with Crippen molar-refractivity contribution in [3.05, 3.63) is 29.3 Å². The average molecular weight is 260 g/mol. The van der Waals surface area contributed by atoms with Crippen LogP contribution in [0.3, 0.4) is 0 Å². The van der Waals surface area contributed by atoms with E-state index in [1.807, 2.05) is 0 Å². The molecule has 106 valence electrons. The van der Waals surface area contributed by atoms with Crippen molar-refractivity contribution in [1.82, 2.24) is 0 Å². The van der Waals surface area contributed by atoms with Gasteiger partial charge in [0.1, 0.15) is 0 Å². The first-order chi connectivity index (χ1) is 8.87. The fraction of sp³-hybridized carbons (Fsp3) is 0.647. The molecule has 1 heterocycles. The maximum atomic E-state index is 6.01. The van der Waals surface area contributed by atoms with Gasteiger partial charge >= 0.3 is 0 Å². The van der Waals surface area contributed by atoms with E-state index in [0.29, 0.717) is 5.41 Å². The van der Waals surface area contributed by atoms with E-state index in [2.05, 4.69) is 50.8 Å². The summed E-state index contributed by atoms with van der Waals surface area (Å²) < 4.78 is 0. The van der Waals surface area contributed by atoms with Gasteiger partial charge in [-0.3, -0.25) is 0 Å². The van der Waals surface area contributed by atoms with Crippen LogP contribution in [0.15, 0.2) is 18.2 Å². The number of hydrogen-bond donors (Lipinski definition) is 1. The van der Waals surface area contributed by atoms with Crippen molar-refractivity contribution in [2.45, 2.75) is 53.0 Å². The van der Waals surface area contributed by atoms with E-state index in [4.69, 9.17) is 5.73 Å². The van der Waals surface area contributed by atoms with Crippen molar-refractivity contribution in [1.29, 1.82) is 0 Å². The van der Waals surface area contributed by atoms with E-state index in [-0.39, 0.29) is 6.04 Å². The number of aryl methyl sites for hydroxylation is 1. The van der Waals surface area contributed by atoms with Crippen LogP contribution in [-0.2, 0) is 6.42 Å². The van der Waals surface area contributed by atoms with Crippen LogP contribution < -0.4 is 10.6 Å². The molecule has 2 N–H and O–H groups in total. The Morgan fingerprint density at radius 2 is 2.11 bits per heavy atom. The van der Waals surface area contributed by atoms with Crippen LogP contribution in [0.2, 0.25) is 0 Å². The van der Waals surface area contributed by atoms with Gasteiger partial charge in [-0.25, -0.2) is 0 Å². The maximum absolute atomic E-state index is 6.01. The van der Waals surface area contributed by atoms with Gasteiger partial charge in [-0.1, -0.05) is 31.5 Å². The van der Waals surface area contributed by atoms with E-state index in [0.717, 1.165) is 13.0 Å². The van der Waals surface area contributed by atoms with E-state index in [9.17, 15) is 0 Å². The fourth-order valence-electron chi connectivity index (χ4n) is 3.16. The molecular formula is C17H28N2. The van der Waals surface area contributed by atoms with Gasteiger partial charge < -0.3 is 10.6 Å². The van der Waals surface area contributed by atoms with Gasteiger partial charge in [0.15, 0.2) is 0 Å². The lowest BCUT2D eigenvalue weighted by Gasteiger charge is -2.40. The Kier molecular flexibility index (Phi) is 4.19. The molecule has 1 aromatic carbocycles. The molecule has 0 bridgehead atoms. The number of nitrogens with zero attached hydrogens (tertiary/aromatic N) is 1. The predicted octanol–water partition coefficient (Wildman–Crippen LogP) is 3.51. The normalized spacial score (nSPS) is 20.4. The molecule has 1 fully saturated rings. The summed E-state index contributed by atoms with van der Waals surface area (Å²) in [6, 6.07) is 7.04. The smallest absolute Gasteiger partial charge is 0.0399 e. The molecule has 0 radical (unpaired) electrons. The minimum absolute atomic E-state index is 0.221. The van der Waals surface area contributed by atoms with Crippen molar-refractivity contribution in [2.75, 3.05) is 18.0 Å². The number of hydrogen-bond acceptors (Lipinski definition) is 2. The number of rotatable bonds is 3. The molecule has 2 rings (SSSR count). The van der Waals surface area contributed by atoms with Gasteiger partial charge in [0, 0.05) is 24.8 Å². The quantitative estimate of drug-likeness (QED) is 0.901. The zero-order chi connectivity index (χ0) is 14.0. The van der Waals surface area contributed by atoms with Gasteiger partial charge in [0.05, 0.1) is 0 Å². The first-order valence-corrected chi connectivity index (χ1v) is 7.47. The lowest BCUT2D eigenvalue weighted by Crippen LogP contribution is -2.40. The van der Waals surface area contributed by atoms with Crippen LogP contribution in [-0.4, -0.2) is 19.1 Å². The Hall–Kier alpha value is -1.02. The first kappa shape index (κ1) is 14.4. The number of piperidine rings is 1. The standard InChI is InChI=1S/C17H28N2/c1-13-6-7-16(15(10-13)11-14(2)18)19-9-5-8-17(3,4)12-19/h6-7,10,14H,5,8-9,11-12,18H2,1-4H3. The van der Waals surface area contributed by atoms with Crippen molar-refractivity contribution in [3.8, 4) is 0 Å². The van der Waals surface area contributed by atoms with Crippen LogP contribution in [0.1, 0.15) is 44.7 Å². The number of nitrogens with two attached hydrogens (primary N) is 1. The largest absolute Gasteiger partial charge is 0.371 e. The van der Waals surface area contributed by atoms with Crippen LogP contribution in [0.4, 0.5) is 5.69 Å². The molecule has 2 nitrogen and oxygen atoms in total. The van der Waals surface area contributed by atoms with E-state index in [1.165, 1.54) is 36.2 Å². The minimum atomic E-state index is 0.221. The van der Waals surface area contributed by atoms with Gasteiger partial charge in [-0.15, -0.1) is 0 Å². The summed E-state index contributed by atoms with van der Waals surface area (Å²) in [4.78, 5) is 2.56. The Morgan fingerprint density at radius 1 is 1.37 bits per heavy atom. The summed E-state index contributed by atoms with van der Waals surface area (Å²) in [6.45, 7) is 11.3. The first-order valence-electron chi connectivity index (χ1n) is 7.47. The van der Waals surface area contributed by atoms with E-state index in [1.54, 1.807) is 0 Å². The van der Waals surface area contributed by atoms with Crippen molar-refractivity contribution in [2.24, 2.45) is 11.1 Å². The highest BCUT2D eigenvalue weighted by Crippen LogP contribution is 2.33. The second-order valence-corrected chi connectivity index (χ2v) is 7.00. The van der Waals surface area contributed by atoms with Crippen LogP contribution in [0.5, 0.6) is 0 Å². The number of anilines is 1. The molecule has 0 aromatic heterocycles. The van der Waals surface area contributed by atoms with Crippen molar-refractivity contribution >= 4 is 5.69 Å². The summed E-state index contributed by atoms with van der Waals surface area (Å²) in [5.41, 5.74) is 10.6. The van der Waals surface area contributed by atoms with Crippen LogP contribution >= 0.6 is 0 Å². The highest BCUT2D eigenvalue weighted by atomic mass is 15.1. The Balaban J connectivity index is 2.27. The minimum Gasteiger partial charge on any atom is -0.371 e. The molecule has 1 unspecified atom stereocenters. The van der Waals surface area contributed by atoms with Crippen molar-refractivity contribution in [3.63, 3.8) is 0 Å². The highest BCUT2D eigenvalue weighted by molar-refractivity contribution is 5.56. The van der Waals surface area contributed by atoms with Crippen LogP contribution in [0.25, 0.3) is 0 Å². The maximum Gasteiger partial charge on any atom is 0.0399 e. The molecule has 1 aliphatic heterocycles. The second-order valence-electron chi connectivity index (χ2n) is 7.00. The summed E-state index contributed by atoms with van der Waals surface area (Å²) in [7, 11) is 0. The molecular weight excluding hydrogens is 232 g/mol. The summed E-state index contributed by atoms with van der Waals surface area (Å²) in [5, 5.41) is 0. The third kappa shape index (κ3) is 3.73. The summed E-state index contributed by atoms with van der Waals surface area (Å²) >= 11 is 0. The van der Waals surface area contributed by atoms with Gasteiger partial charge in [0.25, 0.3) is 0 Å². The predicted molar refractivity (Wildman–Crippen MR) is 83.8 cm³/mol.